The highest BCUT2D eigenvalue weighted by atomic mass is 32.1. The molecule has 2 aromatic heterocycles. The molecule has 2 aliphatic rings. The number of thiophene rings is 1. The number of carbonyl (C=O) groups is 1. The van der Waals surface area contributed by atoms with Crippen molar-refractivity contribution in [2.24, 2.45) is 22.7 Å². The quantitative estimate of drug-likeness (QED) is 0.317. The van der Waals surface area contributed by atoms with Crippen LogP contribution in [-0.2, 0) is 16.1 Å². The van der Waals surface area contributed by atoms with Crippen molar-refractivity contribution in [3.63, 3.8) is 0 Å². The first-order valence-corrected chi connectivity index (χ1v) is 13.8. The van der Waals surface area contributed by atoms with Gasteiger partial charge in [0, 0.05) is 4.88 Å². The molecule has 3 aromatic rings. The summed E-state index contributed by atoms with van der Waals surface area (Å²) in [6.45, 7) is 16.3. The number of aryl methyl sites for hydroxylation is 1. The lowest BCUT2D eigenvalue weighted by molar-refractivity contribution is -0.150. The first-order valence-electron chi connectivity index (χ1n) is 13.0. The second-order valence-electron chi connectivity index (χ2n) is 10.4. The molecule has 1 aliphatic carbocycles. The van der Waals surface area contributed by atoms with E-state index >= 15 is 0 Å². The third kappa shape index (κ3) is 5.00. The molecule has 0 saturated heterocycles. The van der Waals surface area contributed by atoms with Crippen LogP contribution in [-0.4, -0.2) is 44.9 Å². The van der Waals surface area contributed by atoms with Crippen molar-refractivity contribution in [2.45, 2.75) is 53.2 Å². The van der Waals surface area contributed by atoms with E-state index in [4.69, 9.17) is 26.1 Å². The summed E-state index contributed by atoms with van der Waals surface area (Å²) in [5.74, 6) is 1.73. The Balaban J connectivity index is 1.63. The zero-order valence-corrected chi connectivity index (χ0v) is 23.5. The molecule has 5 rings (SSSR count). The van der Waals surface area contributed by atoms with Gasteiger partial charge in [-0.1, -0.05) is 32.4 Å². The van der Waals surface area contributed by atoms with Gasteiger partial charge < -0.3 is 14.6 Å². The van der Waals surface area contributed by atoms with Crippen LogP contribution in [0.3, 0.4) is 0 Å². The molecule has 3 heterocycles. The highest BCUT2D eigenvalue weighted by molar-refractivity contribution is 7.15. The van der Waals surface area contributed by atoms with E-state index in [0.717, 1.165) is 23.3 Å². The van der Waals surface area contributed by atoms with Gasteiger partial charge in [0.05, 0.1) is 25.9 Å². The van der Waals surface area contributed by atoms with E-state index in [1.807, 2.05) is 25.1 Å². The number of aliphatic hydroxyl groups is 1. The molecule has 39 heavy (non-hydrogen) atoms. The fraction of sp³-hybridized carbons (Fsp3) is 0.414. The summed E-state index contributed by atoms with van der Waals surface area (Å²) in [6, 6.07) is 9.22. The van der Waals surface area contributed by atoms with E-state index < -0.39 is 5.97 Å². The molecule has 9 nitrogen and oxygen atoms in total. The van der Waals surface area contributed by atoms with Gasteiger partial charge in [-0.3, -0.25) is 0 Å². The zero-order valence-electron chi connectivity index (χ0n) is 22.6. The van der Waals surface area contributed by atoms with Crippen LogP contribution in [0.4, 0.5) is 5.00 Å². The molecule has 2 unspecified atom stereocenters. The van der Waals surface area contributed by atoms with E-state index in [1.54, 1.807) is 19.2 Å². The number of esters is 1. The van der Waals surface area contributed by atoms with Crippen molar-refractivity contribution in [3.8, 4) is 17.1 Å². The fourth-order valence-corrected chi connectivity index (χ4v) is 6.41. The predicted octanol–water partition coefficient (Wildman–Crippen LogP) is 5.65. The largest absolute Gasteiger partial charge is 0.496 e. The summed E-state index contributed by atoms with van der Waals surface area (Å²) in [5.41, 5.74) is 1.77. The second-order valence-corrected chi connectivity index (χ2v) is 11.6. The highest BCUT2D eigenvalue weighted by Gasteiger charge is 2.41. The van der Waals surface area contributed by atoms with Crippen molar-refractivity contribution in [2.75, 3.05) is 7.11 Å². The molecule has 1 fully saturated rings. The van der Waals surface area contributed by atoms with Crippen LogP contribution < -0.4 is 4.74 Å². The van der Waals surface area contributed by atoms with Crippen LogP contribution in [0.2, 0.25) is 0 Å². The Hall–Kier alpha value is -3.81. The number of fused-ring (bicyclic) bond motifs is 1. The second kappa shape index (κ2) is 10.8. The van der Waals surface area contributed by atoms with E-state index in [0.29, 0.717) is 28.1 Å². The van der Waals surface area contributed by atoms with Gasteiger partial charge >= 0.3 is 5.97 Å². The lowest BCUT2D eigenvalue weighted by atomic mass is 9.75. The maximum Gasteiger partial charge on any atom is 0.331 e. The molecular weight excluding hydrogens is 514 g/mol. The van der Waals surface area contributed by atoms with Crippen LogP contribution in [0.25, 0.3) is 21.8 Å². The normalized spacial score (nSPS) is 23.6. The van der Waals surface area contributed by atoms with Gasteiger partial charge in [0.15, 0.2) is 17.5 Å². The minimum Gasteiger partial charge on any atom is -0.496 e. The molecule has 202 valence electrons. The van der Waals surface area contributed by atoms with Crippen LogP contribution in [0.15, 0.2) is 41.0 Å². The minimum absolute atomic E-state index is 0.0428. The number of nitrogens with zero attached hydrogens (tertiary/aromatic N) is 5. The summed E-state index contributed by atoms with van der Waals surface area (Å²) in [4.78, 5) is 27.6. The van der Waals surface area contributed by atoms with E-state index in [2.05, 4.69) is 30.6 Å². The lowest BCUT2D eigenvalue weighted by Gasteiger charge is -2.37. The highest BCUT2D eigenvalue weighted by Crippen LogP contribution is 2.39. The van der Waals surface area contributed by atoms with Gasteiger partial charge in [0.2, 0.25) is 5.70 Å². The zero-order chi connectivity index (χ0) is 27.8. The first-order chi connectivity index (χ1) is 18.7. The Kier molecular flexibility index (Phi) is 7.38. The SMILES string of the molecule is [C-]#[N+]C1=C(C(=O)OC2C(C)CC(C)CC2C)c2nc(-c3cc(C)ccc3OC)nn2/C1=N/c1ccc(CO)s1. The summed E-state index contributed by atoms with van der Waals surface area (Å²) in [5, 5.41) is 14.8. The minimum atomic E-state index is -0.594. The van der Waals surface area contributed by atoms with Crippen molar-refractivity contribution in [1.29, 1.82) is 0 Å². The van der Waals surface area contributed by atoms with Crippen LogP contribution in [0, 0.1) is 31.2 Å². The topological polar surface area (TPSA) is 103 Å². The number of hydrogen-bond donors (Lipinski definition) is 1. The molecule has 1 N–H and O–H groups in total. The molecule has 0 amide bonds. The number of carbonyl (C=O) groups excluding carboxylic acids is 1. The molecule has 2 atom stereocenters. The number of aliphatic imine (C=N–C) groups is 1. The summed E-state index contributed by atoms with van der Waals surface area (Å²) >= 11 is 1.30. The molecule has 0 spiro atoms. The van der Waals surface area contributed by atoms with Gasteiger partial charge in [0.25, 0.3) is 0 Å². The Morgan fingerprint density at radius 2 is 1.97 bits per heavy atom. The molecule has 0 radical (unpaired) electrons. The van der Waals surface area contributed by atoms with Crippen molar-refractivity contribution < 1.29 is 19.4 Å². The Labute approximate surface area is 231 Å². The summed E-state index contributed by atoms with van der Waals surface area (Å²) < 4.78 is 13.1. The summed E-state index contributed by atoms with van der Waals surface area (Å²) in [6.07, 6.45) is 1.69. The lowest BCUT2D eigenvalue weighted by Crippen LogP contribution is -2.37. The number of allylic oxidation sites excluding steroid dienone is 1. The molecular formula is C29H31N5O4S. The van der Waals surface area contributed by atoms with Crippen LogP contribution in [0.1, 0.15) is 49.9 Å². The smallest absolute Gasteiger partial charge is 0.331 e. The number of aliphatic hydroxyl groups excluding tert-OH is 1. The van der Waals surface area contributed by atoms with Crippen LogP contribution in [0.5, 0.6) is 5.75 Å². The number of hydrogen-bond acceptors (Lipinski definition) is 8. The first kappa shape index (κ1) is 26.8. The monoisotopic (exact) mass is 545 g/mol. The Morgan fingerprint density at radius 1 is 1.23 bits per heavy atom. The molecule has 10 heteroatoms. The maximum atomic E-state index is 13.8. The van der Waals surface area contributed by atoms with E-state index in [9.17, 15) is 9.90 Å². The van der Waals surface area contributed by atoms with Crippen LogP contribution >= 0.6 is 11.3 Å². The average Bonchev–Trinajstić information content (AvgIpc) is 3.61. The van der Waals surface area contributed by atoms with Crippen molar-refractivity contribution >= 4 is 33.7 Å². The number of benzene rings is 1. The molecule has 0 bridgehead atoms. The van der Waals surface area contributed by atoms with E-state index in [-0.39, 0.29) is 47.5 Å². The molecule has 1 aliphatic heterocycles. The average molecular weight is 546 g/mol. The maximum absolute atomic E-state index is 13.8. The van der Waals surface area contributed by atoms with Gasteiger partial charge in [-0.05, 0) is 61.8 Å². The van der Waals surface area contributed by atoms with Crippen molar-refractivity contribution in [3.05, 3.63) is 63.7 Å². The third-order valence-electron chi connectivity index (χ3n) is 7.32. The van der Waals surface area contributed by atoms with E-state index in [1.165, 1.54) is 16.0 Å². The predicted molar refractivity (Wildman–Crippen MR) is 150 cm³/mol. The van der Waals surface area contributed by atoms with Gasteiger partial charge in [-0.15, -0.1) is 16.4 Å². The van der Waals surface area contributed by atoms with Gasteiger partial charge in [-0.25, -0.2) is 24.3 Å². The van der Waals surface area contributed by atoms with Crippen molar-refractivity contribution in [1.82, 2.24) is 14.8 Å². The Morgan fingerprint density at radius 3 is 2.62 bits per heavy atom. The third-order valence-corrected chi connectivity index (χ3v) is 8.29. The molecule has 1 aromatic carbocycles. The summed E-state index contributed by atoms with van der Waals surface area (Å²) in [7, 11) is 1.58. The number of ether oxygens (including phenoxy) is 2. The van der Waals surface area contributed by atoms with Gasteiger partial charge in [-0.2, -0.15) is 0 Å². The fourth-order valence-electron chi connectivity index (χ4n) is 5.67. The Bertz CT molecular complexity index is 1520. The number of methoxy groups -OCH3 is 1. The number of aromatic nitrogens is 3. The van der Waals surface area contributed by atoms with Gasteiger partial charge in [0.1, 0.15) is 22.4 Å². The molecule has 1 saturated carbocycles. The number of rotatable bonds is 6. The standard InChI is InChI=1S/C29H31N5O4S/c1-15-7-9-21(37-6)20(13-15)26-32-27-23(29(36)38-25-17(3)11-16(2)12-18(25)4)24(30-5)28(34(27)33-26)31-22-10-8-19(14-35)39-22/h7-10,13,16-18,25,35H,11-12,14H2,1-4,6H3/b31-28+.